The predicted molar refractivity (Wildman–Crippen MR) is 75.3 cm³/mol. The Kier molecular flexibility index (Phi) is 4.08. The van der Waals surface area contributed by atoms with Crippen molar-refractivity contribution in [1.29, 1.82) is 0 Å². The number of benzene rings is 1. The lowest BCUT2D eigenvalue weighted by Gasteiger charge is -2.34. The quantitative estimate of drug-likeness (QED) is 0.785. The van der Waals surface area contributed by atoms with Crippen LogP contribution in [0.2, 0.25) is 0 Å². The van der Waals surface area contributed by atoms with E-state index < -0.39 is 5.97 Å². The number of ether oxygens (including phenoxy) is 2. The molecule has 1 aliphatic rings. The van der Waals surface area contributed by atoms with Crippen molar-refractivity contribution in [1.82, 2.24) is 0 Å². The summed E-state index contributed by atoms with van der Waals surface area (Å²) in [5.41, 5.74) is 2.35. The van der Waals surface area contributed by atoms with E-state index in [9.17, 15) is 9.59 Å². The van der Waals surface area contributed by atoms with E-state index in [-0.39, 0.29) is 18.4 Å². The number of carbonyl (C=O) groups is 2. The van der Waals surface area contributed by atoms with Crippen molar-refractivity contribution in [3.8, 4) is 0 Å². The fourth-order valence-electron chi connectivity index (χ4n) is 2.37. The number of methoxy groups -OCH3 is 2. The van der Waals surface area contributed by atoms with E-state index in [2.05, 4.69) is 0 Å². The second kappa shape index (κ2) is 5.77. The van der Waals surface area contributed by atoms with Crippen LogP contribution in [0, 0.1) is 0 Å². The number of para-hydroxylation sites is 1. The normalized spacial score (nSPS) is 17.1. The number of anilines is 1. The van der Waals surface area contributed by atoms with Crippen LogP contribution in [0.25, 0.3) is 6.08 Å². The van der Waals surface area contributed by atoms with Gasteiger partial charge in [0.25, 0.3) is 0 Å². The van der Waals surface area contributed by atoms with E-state index >= 15 is 0 Å². The molecule has 0 saturated heterocycles. The summed E-state index contributed by atoms with van der Waals surface area (Å²) in [6.45, 7) is 0. The van der Waals surface area contributed by atoms with Gasteiger partial charge in [-0.25, -0.2) is 4.79 Å². The molecule has 0 N–H and O–H groups in total. The van der Waals surface area contributed by atoms with E-state index in [1.54, 1.807) is 6.08 Å². The maximum Gasteiger partial charge on any atom is 0.335 e. The molecule has 106 valence electrons. The lowest BCUT2D eigenvalue weighted by molar-refractivity contribution is -0.141. The van der Waals surface area contributed by atoms with Gasteiger partial charge in [-0.3, -0.25) is 4.79 Å². The van der Waals surface area contributed by atoms with Crippen LogP contribution in [0.1, 0.15) is 12.0 Å². The van der Waals surface area contributed by atoms with Crippen LogP contribution in [0.4, 0.5) is 5.69 Å². The highest BCUT2D eigenvalue weighted by Crippen LogP contribution is 2.33. The second-order valence-corrected chi connectivity index (χ2v) is 4.56. The summed E-state index contributed by atoms with van der Waals surface area (Å²) < 4.78 is 9.52. The summed E-state index contributed by atoms with van der Waals surface area (Å²) in [4.78, 5) is 25.4. The zero-order chi connectivity index (χ0) is 14.7. The third-order valence-electron chi connectivity index (χ3n) is 3.46. The molecule has 0 bridgehead atoms. The van der Waals surface area contributed by atoms with E-state index in [1.807, 2.05) is 36.2 Å². The van der Waals surface area contributed by atoms with Crippen molar-refractivity contribution in [2.45, 2.75) is 12.5 Å². The van der Waals surface area contributed by atoms with Gasteiger partial charge in [-0.1, -0.05) is 18.2 Å². The number of fused-ring (bicyclic) bond motifs is 1. The summed E-state index contributed by atoms with van der Waals surface area (Å²) in [5, 5.41) is 0. The SMILES string of the molecule is COC(=O)CC1C(C(=O)OC)=Cc2ccccc2N1C. The summed E-state index contributed by atoms with van der Waals surface area (Å²) in [6, 6.07) is 7.30. The molecule has 0 radical (unpaired) electrons. The molecule has 0 spiro atoms. The lowest BCUT2D eigenvalue weighted by atomic mass is 9.93. The van der Waals surface area contributed by atoms with E-state index in [0.717, 1.165) is 11.3 Å². The average molecular weight is 275 g/mol. The fourth-order valence-corrected chi connectivity index (χ4v) is 2.37. The Labute approximate surface area is 117 Å². The van der Waals surface area contributed by atoms with Crippen LogP contribution in [-0.4, -0.2) is 39.2 Å². The van der Waals surface area contributed by atoms with Crippen LogP contribution in [0.15, 0.2) is 29.8 Å². The number of hydrogen-bond acceptors (Lipinski definition) is 5. The Balaban J connectivity index is 2.44. The topological polar surface area (TPSA) is 55.8 Å². The average Bonchev–Trinajstić information content (AvgIpc) is 2.48. The number of esters is 2. The highest BCUT2D eigenvalue weighted by molar-refractivity contribution is 5.99. The van der Waals surface area contributed by atoms with Crippen molar-refractivity contribution >= 4 is 23.7 Å². The zero-order valence-electron chi connectivity index (χ0n) is 11.8. The first-order valence-electron chi connectivity index (χ1n) is 6.27. The third kappa shape index (κ3) is 2.52. The molecular formula is C15H17NO4. The Morgan fingerprint density at radius 3 is 2.55 bits per heavy atom. The molecule has 0 aliphatic carbocycles. The molecule has 0 saturated carbocycles. The predicted octanol–water partition coefficient (Wildman–Crippen LogP) is 1.62. The van der Waals surface area contributed by atoms with Crippen molar-refractivity contribution in [2.24, 2.45) is 0 Å². The van der Waals surface area contributed by atoms with Crippen molar-refractivity contribution < 1.29 is 19.1 Å². The third-order valence-corrected chi connectivity index (χ3v) is 3.46. The second-order valence-electron chi connectivity index (χ2n) is 4.56. The minimum atomic E-state index is -0.430. The van der Waals surface area contributed by atoms with Gasteiger partial charge in [0.1, 0.15) is 0 Å². The minimum absolute atomic E-state index is 0.0995. The van der Waals surface area contributed by atoms with Crippen molar-refractivity contribution in [3.05, 3.63) is 35.4 Å². The molecule has 1 heterocycles. The molecule has 1 unspecified atom stereocenters. The maximum absolute atomic E-state index is 11.9. The van der Waals surface area contributed by atoms with Crippen molar-refractivity contribution in [3.63, 3.8) is 0 Å². The molecule has 20 heavy (non-hydrogen) atoms. The Hall–Kier alpha value is -2.30. The molecule has 2 rings (SSSR count). The number of likely N-dealkylation sites (N-methyl/N-ethyl adjacent to an activating group) is 1. The van der Waals surface area contributed by atoms with Gasteiger partial charge in [0.15, 0.2) is 0 Å². The Bertz CT molecular complexity index is 565. The van der Waals surface area contributed by atoms with Crippen LogP contribution in [-0.2, 0) is 19.1 Å². The smallest absolute Gasteiger partial charge is 0.335 e. The zero-order valence-corrected chi connectivity index (χ0v) is 11.8. The summed E-state index contributed by atoms with van der Waals surface area (Å²) in [6.07, 6.45) is 1.87. The number of nitrogens with zero attached hydrogens (tertiary/aromatic N) is 1. The fraction of sp³-hybridized carbons (Fsp3) is 0.333. The molecule has 1 aromatic rings. The largest absolute Gasteiger partial charge is 0.469 e. The first kappa shape index (κ1) is 14.1. The van der Waals surface area contributed by atoms with E-state index in [0.29, 0.717) is 5.57 Å². The van der Waals surface area contributed by atoms with E-state index in [1.165, 1.54) is 14.2 Å². The highest BCUT2D eigenvalue weighted by atomic mass is 16.5. The van der Waals surface area contributed by atoms with Crippen LogP contribution < -0.4 is 4.90 Å². The van der Waals surface area contributed by atoms with Gasteiger partial charge < -0.3 is 14.4 Å². The standard InChI is InChI=1S/C15H17NO4/c1-16-12-7-5-4-6-10(12)8-11(15(18)20-3)13(16)9-14(17)19-2/h4-8,13H,9H2,1-3H3. The number of rotatable bonds is 3. The number of carbonyl (C=O) groups excluding carboxylic acids is 2. The van der Waals surface area contributed by atoms with Gasteiger partial charge in [0.2, 0.25) is 0 Å². The highest BCUT2D eigenvalue weighted by Gasteiger charge is 2.32. The molecule has 0 fully saturated rings. The first-order valence-corrected chi connectivity index (χ1v) is 6.27. The molecular weight excluding hydrogens is 258 g/mol. The molecule has 0 aromatic heterocycles. The lowest BCUT2D eigenvalue weighted by Crippen LogP contribution is -2.40. The maximum atomic E-state index is 11.9. The monoisotopic (exact) mass is 275 g/mol. The first-order chi connectivity index (χ1) is 9.58. The molecule has 1 atom stereocenters. The Morgan fingerprint density at radius 1 is 1.20 bits per heavy atom. The van der Waals surface area contributed by atoms with E-state index in [4.69, 9.17) is 9.47 Å². The van der Waals surface area contributed by atoms with Gasteiger partial charge >= 0.3 is 11.9 Å². The summed E-state index contributed by atoms with van der Waals surface area (Å²) in [7, 11) is 4.52. The number of hydrogen-bond donors (Lipinski definition) is 0. The van der Waals surface area contributed by atoms with Gasteiger partial charge in [-0.15, -0.1) is 0 Å². The molecule has 1 aliphatic heterocycles. The summed E-state index contributed by atoms with van der Waals surface area (Å²) >= 11 is 0. The molecule has 5 nitrogen and oxygen atoms in total. The minimum Gasteiger partial charge on any atom is -0.469 e. The van der Waals surface area contributed by atoms with Gasteiger partial charge in [-0.2, -0.15) is 0 Å². The van der Waals surface area contributed by atoms with Crippen LogP contribution in [0.3, 0.4) is 0 Å². The summed E-state index contributed by atoms with van der Waals surface area (Å²) in [5.74, 6) is -0.795. The van der Waals surface area contributed by atoms with Gasteiger partial charge in [0.05, 0.1) is 32.3 Å². The van der Waals surface area contributed by atoms with Crippen LogP contribution in [0.5, 0.6) is 0 Å². The molecule has 5 heteroatoms. The molecule has 1 aromatic carbocycles. The van der Waals surface area contributed by atoms with Gasteiger partial charge in [-0.05, 0) is 17.7 Å². The Morgan fingerprint density at radius 2 is 1.90 bits per heavy atom. The van der Waals surface area contributed by atoms with Crippen LogP contribution >= 0.6 is 0 Å². The molecule has 0 amide bonds. The van der Waals surface area contributed by atoms with Crippen molar-refractivity contribution in [2.75, 3.05) is 26.2 Å². The van der Waals surface area contributed by atoms with Gasteiger partial charge in [0, 0.05) is 12.7 Å².